The van der Waals surface area contributed by atoms with E-state index in [1.54, 1.807) is 0 Å². The summed E-state index contributed by atoms with van der Waals surface area (Å²) in [6, 6.07) is 13.1. The van der Waals surface area contributed by atoms with Gasteiger partial charge in [-0.2, -0.15) is 0 Å². The van der Waals surface area contributed by atoms with Crippen LogP contribution in [0.25, 0.3) is 0 Å². The number of hydrogen-bond donors (Lipinski definition) is 0. The van der Waals surface area contributed by atoms with Gasteiger partial charge in [-0.15, -0.1) is 0 Å². The molecule has 2 aromatic rings. The number of hydrogen-bond acceptors (Lipinski definition) is 0. The van der Waals surface area contributed by atoms with Crippen molar-refractivity contribution < 1.29 is 0 Å². The molecule has 1 unspecified atom stereocenters. The van der Waals surface area contributed by atoms with Crippen LogP contribution in [-0.2, 0) is 0 Å². The maximum absolute atomic E-state index is 2.22. The molecule has 14 heavy (non-hydrogen) atoms. The van der Waals surface area contributed by atoms with E-state index in [0.29, 0.717) is 6.04 Å². The SMILES string of the molecule is Cc1ccccc1C(C)n1cccc1. The minimum absolute atomic E-state index is 0.422. The van der Waals surface area contributed by atoms with Gasteiger partial charge < -0.3 is 4.57 Å². The lowest BCUT2D eigenvalue weighted by atomic mass is 10.0. The van der Waals surface area contributed by atoms with Crippen molar-refractivity contribution in [3.8, 4) is 0 Å². The Morgan fingerprint density at radius 1 is 1.00 bits per heavy atom. The molecule has 0 radical (unpaired) electrons. The first-order chi connectivity index (χ1) is 6.79. The van der Waals surface area contributed by atoms with E-state index in [1.165, 1.54) is 11.1 Å². The molecule has 0 spiro atoms. The lowest BCUT2D eigenvalue weighted by Gasteiger charge is -2.16. The van der Waals surface area contributed by atoms with Gasteiger partial charge >= 0.3 is 0 Å². The van der Waals surface area contributed by atoms with Crippen molar-refractivity contribution in [2.24, 2.45) is 0 Å². The van der Waals surface area contributed by atoms with Crippen LogP contribution < -0.4 is 0 Å². The summed E-state index contributed by atoms with van der Waals surface area (Å²) in [5.74, 6) is 0. The second-order valence-corrected chi connectivity index (χ2v) is 3.66. The number of nitrogens with zero attached hydrogens (tertiary/aromatic N) is 1. The highest BCUT2D eigenvalue weighted by molar-refractivity contribution is 5.29. The lowest BCUT2D eigenvalue weighted by molar-refractivity contribution is 0.639. The molecule has 0 aliphatic rings. The highest BCUT2D eigenvalue weighted by Crippen LogP contribution is 2.20. The Morgan fingerprint density at radius 2 is 1.64 bits per heavy atom. The predicted molar refractivity (Wildman–Crippen MR) is 59.4 cm³/mol. The summed E-state index contributed by atoms with van der Waals surface area (Å²) in [6.45, 7) is 4.39. The Bertz CT molecular complexity index is 401. The summed E-state index contributed by atoms with van der Waals surface area (Å²) < 4.78 is 2.22. The van der Waals surface area contributed by atoms with Gasteiger partial charge in [-0.1, -0.05) is 24.3 Å². The van der Waals surface area contributed by atoms with Gasteiger partial charge in [0, 0.05) is 12.4 Å². The Balaban J connectivity index is 2.37. The summed E-state index contributed by atoms with van der Waals surface area (Å²) in [4.78, 5) is 0. The molecule has 1 heterocycles. The smallest absolute Gasteiger partial charge is 0.0554 e. The zero-order valence-corrected chi connectivity index (χ0v) is 8.64. The van der Waals surface area contributed by atoms with Crippen molar-refractivity contribution in [1.82, 2.24) is 4.57 Å². The molecule has 0 fully saturated rings. The molecule has 1 aromatic heterocycles. The maximum Gasteiger partial charge on any atom is 0.0554 e. The van der Waals surface area contributed by atoms with E-state index in [1.807, 2.05) is 0 Å². The zero-order chi connectivity index (χ0) is 9.97. The van der Waals surface area contributed by atoms with Crippen molar-refractivity contribution in [2.75, 3.05) is 0 Å². The molecular weight excluding hydrogens is 170 g/mol. The first-order valence-electron chi connectivity index (χ1n) is 4.97. The van der Waals surface area contributed by atoms with Crippen molar-refractivity contribution in [3.05, 3.63) is 59.9 Å². The van der Waals surface area contributed by atoms with Crippen LogP contribution in [0.15, 0.2) is 48.8 Å². The summed E-state index contributed by atoms with van der Waals surface area (Å²) in [7, 11) is 0. The molecule has 0 saturated heterocycles. The zero-order valence-electron chi connectivity index (χ0n) is 8.64. The van der Waals surface area contributed by atoms with Gasteiger partial charge in [-0.05, 0) is 37.1 Å². The van der Waals surface area contributed by atoms with E-state index in [9.17, 15) is 0 Å². The average Bonchev–Trinajstić information content (AvgIpc) is 2.70. The van der Waals surface area contributed by atoms with Gasteiger partial charge in [0.15, 0.2) is 0 Å². The van der Waals surface area contributed by atoms with E-state index in [2.05, 4.69) is 67.2 Å². The third-order valence-corrected chi connectivity index (χ3v) is 2.71. The van der Waals surface area contributed by atoms with Gasteiger partial charge in [0.2, 0.25) is 0 Å². The summed E-state index contributed by atoms with van der Waals surface area (Å²) >= 11 is 0. The van der Waals surface area contributed by atoms with Gasteiger partial charge in [-0.3, -0.25) is 0 Å². The molecule has 0 amide bonds. The molecule has 0 bridgehead atoms. The van der Waals surface area contributed by atoms with Crippen LogP contribution in [0.4, 0.5) is 0 Å². The fraction of sp³-hybridized carbons (Fsp3) is 0.231. The van der Waals surface area contributed by atoms with Gasteiger partial charge in [0.1, 0.15) is 0 Å². The largest absolute Gasteiger partial charge is 0.347 e. The molecule has 0 aliphatic carbocycles. The van der Waals surface area contributed by atoms with Crippen molar-refractivity contribution in [2.45, 2.75) is 19.9 Å². The standard InChI is InChI=1S/C13H15N/c1-11-7-3-4-8-13(11)12(2)14-9-5-6-10-14/h3-10,12H,1-2H3. The molecular formula is C13H15N. The number of rotatable bonds is 2. The average molecular weight is 185 g/mol. The monoisotopic (exact) mass is 185 g/mol. The van der Waals surface area contributed by atoms with E-state index in [0.717, 1.165) is 0 Å². The lowest BCUT2D eigenvalue weighted by Crippen LogP contribution is -2.05. The van der Waals surface area contributed by atoms with E-state index < -0.39 is 0 Å². The number of aryl methyl sites for hydroxylation is 1. The summed E-state index contributed by atoms with van der Waals surface area (Å²) in [6.07, 6.45) is 4.22. The molecule has 72 valence electrons. The molecule has 1 atom stereocenters. The molecule has 1 heteroatoms. The maximum atomic E-state index is 2.22. The molecule has 2 rings (SSSR count). The Labute approximate surface area is 85.0 Å². The highest BCUT2D eigenvalue weighted by Gasteiger charge is 2.07. The Hall–Kier alpha value is -1.50. The van der Waals surface area contributed by atoms with Gasteiger partial charge in [0.25, 0.3) is 0 Å². The second kappa shape index (κ2) is 3.70. The Kier molecular flexibility index (Phi) is 2.40. The topological polar surface area (TPSA) is 4.93 Å². The first kappa shape index (κ1) is 9.07. The summed E-state index contributed by atoms with van der Waals surface area (Å²) in [5.41, 5.74) is 2.75. The van der Waals surface area contributed by atoms with Crippen LogP contribution in [0.5, 0.6) is 0 Å². The third kappa shape index (κ3) is 1.58. The van der Waals surface area contributed by atoms with Crippen LogP contribution >= 0.6 is 0 Å². The van der Waals surface area contributed by atoms with Crippen LogP contribution in [0.1, 0.15) is 24.1 Å². The third-order valence-electron chi connectivity index (χ3n) is 2.71. The quantitative estimate of drug-likeness (QED) is 0.675. The number of aromatic nitrogens is 1. The fourth-order valence-electron chi connectivity index (χ4n) is 1.82. The van der Waals surface area contributed by atoms with Crippen LogP contribution in [0, 0.1) is 6.92 Å². The van der Waals surface area contributed by atoms with Gasteiger partial charge in [0.05, 0.1) is 6.04 Å². The van der Waals surface area contributed by atoms with E-state index >= 15 is 0 Å². The minimum atomic E-state index is 0.422. The van der Waals surface area contributed by atoms with E-state index in [4.69, 9.17) is 0 Å². The highest BCUT2D eigenvalue weighted by atomic mass is 15.0. The fourth-order valence-corrected chi connectivity index (χ4v) is 1.82. The second-order valence-electron chi connectivity index (χ2n) is 3.66. The normalized spacial score (nSPS) is 12.7. The van der Waals surface area contributed by atoms with Crippen LogP contribution in [-0.4, -0.2) is 4.57 Å². The molecule has 1 nitrogen and oxygen atoms in total. The molecule has 0 aliphatic heterocycles. The van der Waals surface area contributed by atoms with Crippen molar-refractivity contribution in [1.29, 1.82) is 0 Å². The van der Waals surface area contributed by atoms with E-state index in [-0.39, 0.29) is 0 Å². The molecule has 0 saturated carbocycles. The first-order valence-corrected chi connectivity index (χ1v) is 4.97. The van der Waals surface area contributed by atoms with Gasteiger partial charge in [-0.25, -0.2) is 0 Å². The van der Waals surface area contributed by atoms with Crippen LogP contribution in [0.2, 0.25) is 0 Å². The minimum Gasteiger partial charge on any atom is -0.347 e. The summed E-state index contributed by atoms with van der Waals surface area (Å²) in [5, 5.41) is 0. The molecule has 0 N–H and O–H groups in total. The molecule has 1 aromatic carbocycles. The van der Waals surface area contributed by atoms with Crippen LogP contribution in [0.3, 0.4) is 0 Å². The number of benzene rings is 1. The van der Waals surface area contributed by atoms with Crippen molar-refractivity contribution in [3.63, 3.8) is 0 Å². The Morgan fingerprint density at radius 3 is 2.29 bits per heavy atom. The predicted octanol–water partition coefficient (Wildman–Crippen LogP) is 3.41. The van der Waals surface area contributed by atoms with Crippen molar-refractivity contribution >= 4 is 0 Å².